The number of aryl methyl sites for hydroxylation is 2. The van der Waals surface area contributed by atoms with E-state index in [1.54, 1.807) is 11.3 Å². The summed E-state index contributed by atoms with van der Waals surface area (Å²) in [6.07, 6.45) is 2.37. The van der Waals surface area contributed by atoms with Gasteiger partial charge in [-0.1, -0.05) is 33.8 Å². The summed E-state index contributed by atoms with van der Waals surface area (Å²) in [5, 5.41) is 0. The van der Waals surface area contributed by atoms with Gasteiger partial charge in [-0.2, -0.15) is 0 Å². The van der Waals surface area contributed by atoms with Crippen molar-refractivity contribution in [3.05, 3.63) is 56.3 Å². The van der Waals surface area contributed by atoms with E-state index in [1.165, 1.54) is 28.8 Å². The molecule has 0 aliphatic heterocycles. The van der Waals surface area contributed by atoms with Crippen LogP contribution in [0.1, 0.15) is 77.3 Å². The second kappa shape index (κ2) is 5.31. The molecule has 2 heteroatoms. The Labute approximate surface area is 143 Å². The minimum absolute atomic E-state index is 0.138. The molecule has 0 bridgehead atoms. The predicted octanol–water partition coefficient (Wildman–Crippen LogP) is 5.94. The quantitative estimate of drug-likeness (QED) is 0.624. The van der Waals surface area contributed by atoms with Crippen molar-refractivity contribution in [2.24, 2.45) is 0 Å². The smallest absolute Gasteiger partial charge is 0.203 e. The number of benzene rings is 1. The van der Waals surface area contributed by atoms with Crippen LogP contribution in [-0.2, 0) is 10.8 Å². The molecule has 1 aromatic carbocycles. The largest absolute Gasteiger partial charge is 0.288 e. The molecule has 1 aliphatic rings. The maximum atomic E-state index is 12.9. The number of carbonyl (C=O) groups excluding carboxylic acids is 1. The summed E-state index contributed by atoms with van der Waals surface area (Å²) >= 11 is 1.59. The summed E-state index contributed by atoms with van der Waals surface area (Å²) in [7, 11) is 0. The average Bonchev–Trinajstić information content (AvgIpc) is 2.89. The van der Waals surface area contributed by atoms with Crippen molar-refractivity contribution < 1.29 is 4.79 Å². The number of fused-ring (bicyclic) bond motifs is 1. The van der Waals surface area contributed by atoms with Crippen molar-refractivity contribution in [2.75, 3.05) is 0 Å². The molecule has 23 heavy (non-hydrogen) atoms. The number of ketones is 1. The lowest BCUT2D eigenvalue weighted by Gasteiger charge is -2.42. The predicted molar refractivity (Wildman–Crippen MR) is 99.0 cm³/mol. The van der Waals surface area contributed by atoms with Gasteiger partial charge in [-0.3, -0.25) is 4.79 Å². The van der Waals surface area contributed by atoms with E-state index in [-0.39, 0.29) is 16.6 Å². The van der Waals surface area contributed by atoms with Gasteiger partial charge in [0.25, 0.3) is 0 Å². The van der Waals surface area contributed by atoms with Crippen LogP contribution in [0.2, 0.25) is 0 Å². The Morgan fingerprint density at radius 2 is 1.52 bits per heavy atom. The van der Waals surface area contributed by atoms with E-state index in [0.29, 0.717) is 0 Å². The molecule has 0 amide bonds. The highest BCUT2D eigenvalue weighted by Crippen LogP contribution is 2.46. The van der Waals surface area contributed by atoms with Crippen molar-refractivity contribution in [2.45, 2.75) is 65.2 Å². The van der Waals surface area contributed by atoms with Gasteiger partial charge in [-0.05, 0) is 72.4 Å². The molecule has 2 aromatic rings. The molecule has 0 saturated heterocycles. The van der Waals surface area contributed by atoms with E-state index in [4.69, 9.17) is 0 Å². The van der Waals surface area contributed by atoms with Crippen LogP contribution in [0.25, 0.3) is 0 Å². The van der Waals surface area contributed by atoms with Gasteiger partial charge in [-0.25, -0.2) is 0 Å². The lowest BCUT2D eigenvalue weighted by Crippen LogP contribution is -2.34. The summed E-state index contributed by atoms with van der Waals surface area (Å²) in [6.45, 7) is 13.4. The normalized spacial score (nSPS) is 18.5. The van der Waals surface area contributed by atoms with E-state index in [2.05, 4.69) is 46.8 Å². The van der Waals surface area contributed by atoms with Crippen molar-refractivity contribution in [3.8, 4) is 0 Å². The molecule has 1 heterocycles. The van der Waals surface area contributed by atoms with Gasteiger partial charge in [0.05, 0.1) is 4.88 Å². The first-order valence-corrected chi connectivity index (χ1v) is 9.20. The van der Waals surface area contributed by atoms with Gasteiger partial charge >= 0.3 is 0 Å². The van der Waals surface area contributed by atoms with Gasteiger partial charge in [0.15, 0.2) is 0 Å². The van der Waals surface area contributed by atoms with Gasteiger partial charge in [0.1, 0.15) is 0 Å². The van der Waals surface area contributed by atoms with Crippen LogP contribution >= 0.6 is 11.3 Å². The van der Waals surface area contributed by atoms with Crippen molar-refractivity contribution in [1.82, 2.24) is 0 Å². The molecule has 0 saturated carbocycles. The molecule has 1 nitrogen and oxygen atoms in total. The first-order valence-electron chi connectivity index (χ1n) is 8.38. The second-order valence-corrected chi connectivity index (χ2v) is 9.51. The average molecular weight is 327 g/mol. The minimum atomic E-state index is 0.138. The SMILES string of the molecule is Cc1ccc(C(=O)c2cc3c(cc2C)C(C)(C)CCC3(C)C)s1. The maximum absolute atomic E-state index is 12.9. The van der Waals surface area contributed by atoms with Gasteiger partial charge in [0, 0.05) is 10.4 Å². The van der Waals surface area contributed by atoms with Crippen LogP contribution < -0.4 is 0 Å². The second-order valence-electron chi connectivity index (χ2n) is 8.22. The number of hydrogen-bond donors (Lipinski definition) is 0. The van der Waals surface area contributed by atoms with Crippen LogP contribution in [0, 0.1) is 13.8 Å². The minimum Gasteiger partial charge on any atom is -0.288 e. The number of carbonyl (C=O) groups is 1. The molecule has 0 N–H and O–H groups in total. The Bertz CT molecular complexity index is 777. The van der Waals surface area contributed by atoms with Crippen molar-refractivity contribution >= 4 is 17.1 Å². The summed E-state index contributed by atoms with van der Waals surface area (Å²) in [5.74, 6) is 0.169. The molecule has 1 aromatic heterocycles. The first kappa shape index (κ1) is 16.4. The summed E-state index contributed by atoms with van der Waals surface area (Å²) in [6, 6.07) is 8.43. The lowest BCUT2D eigenvalue weighted by atomic mass is 9.62. The highest BCUT2D eigenvalue weighted by atomic mass is 32.1. The third kappa shape index (κ3) is 2.78. The van der Waals surface area contributed by atoms with E-state index in [0.717, 1.165) is 16.0 Å². The maximum Gasteiger partial charge on any atom is 0.203 e. The van der Waals surface area contributed by atoms with E-state index < -0.39 is 0 Å². The highest BCUT2D eigenvalue weighted by Gasteiger charge is 2.37. The Balaban J connectivity index is 2.16. The van der Waals surface area contributed by atoms with E-state index in [9.17, 15) is 4.79 Å². The standard InChI is InChI=1S/C21H26OS/c1-13-11-16-17(21(5,6)10-9-20(16,3)4)12-15(13)19(22)18-8-7-14(2)23-18/h7-8,11-12H,9-10H2,1-6H3. The molecular weight excluding hydrogens is 300 g/mol. The Morgan fingerprint density at radius 1 is 0.957 bits per heavy atom. The fourth-order valence-electron chi connectivity index (χ4n) is 3.66. The van der Waals surface area contributed by atoms with Crippen LogP contribution in [0.5, 0.6) is 0 Å². The fourth-order valence-corrected chi connectivity index (χ4v) is 4.48. The summed E-state index contributed by atoms with van der Waals surface area (Å²) < 4.78 is 0. The molecule has 0 radical (unpaired) electrons. The Kier molecular flexibility index (Phi) is 3.79. The third-order valence-corrected chi connectivity index (χ3v) is 6.41. The zero-order chi connectivity index (χ0) is 17.0. The molecular formula is C21H26OS. The zero-order valence-corrected chi connectivity index (χ0v) is 15.9. The van der Waals surface area contributed by atoms with Gasteiger partial charge in [-0.15, -0.1) is 11.3 Å². The molecule has 0 atom stereocenters. The summed E-state index contributed by atoms with van der Waals surface area (Å²) in [4.78, 5) is 15.0. The highest BCUT2D eigenvalue weighted by molar-refractivity contribution is 7.14. The van der Waals surface area contributed by atoms with Crippen LogP contribution in [0.3, 0.4) is 0 Å². The zero-order valence-electron chi connectivity index (χ0n) is 15.0. The van der Waals surface area contributed by atoms with Crippen molar-refractivity contribution in [3.63, 3.8) is 0 Å². The molecule has 1 aliphatic carbocycles. The first-order chi connectivity index (χ1) is 10.6. The van der Waals surface area contributed by atoms with Crippen LogP contribution in [0.4, 0.5) is 0 Å². The number of hydrogen-bond acceptors (Lipinski definition) is 2. The summed E-state index contributed by atoms with van der Waals surface area (Å²) in [5.41, 5.74) is 5.08. The monoisotopic (exact) mass is 326 g/mol. The van der Waals surface area contributed by atoms with Crippen molar-refractivity contribution in [1.29, 1.82) is 0 Å². The fraction of sp³-hybridized carbons (Fsp3) is 0.476. The number of rotatable bonds is 2. The lowest BCUT2D eigenvalue weighted by molar-refractivity contribution is 0.104. The topological polar surface area (TPSA) is 17.1 Å². The molecule has 3 rings (SSSR count). The van der Waals surface area contributed by atoms with Gasteiger partial charge < -0.3 is 0 Å². The van der Waals surface area contributed by atoms with E-state index >= 15 is 0 Å². The molecule has 0 unspecified atom stereocenters. The van der Waals surface area contributed by atoms with Crippen LogP contribution in [0.15, 0.2) is 24.3 Å². The third-order valence-electron chi connectivity index (χ3n) is 5.41. The Morgan fingerprint density at radius 3 is 2.04 bits per heavy atom. The number of thiophene rings is 1. The van der Waals surface area contributed by atoms with Gasteiger partial charge in [0.2, 0.25) is 5.78 Å². The molecule has 0 fully saturated rings. The van der Waals surface area contributed by atoms with E-state index in [1.807, 2.05) is 19.1 Å². The molecule has 0 spiro atoms. The molecule has 122 valence electrons. The van der Waals surface area contributed by atoms with Crippen LogP contribution in [-0.4, -0.2) is 5.78 Å². The Hall–Kier alpha value is -1.41.